The Kier molecular flexibility index (Phi) is 7.47. The first-order valence-corrected chi connectivity index (χ1v) is 9.91. The Hall–Kier alpha value is -1.59. The largest absolute Gasteiger partial charge is 0.330 e. The summed E-state index contributed by atoms with van der Waals surface area (Å²) in [6, 6.07) is 6.91. The number of unbranched alkanes of at least 4 members (excludes halogenated alkanes) is 1. The van der Waals surface area contributed by atoms with Crippen molar-refractivity contribution in [3.8, 4) is 0 Å². The number of para-hydroxylation sites is 1. The van der Waals surface area contributed by atoms with E-state index in [2.05, 4.69) is 6.92 Å². The zero-order valence-corrected chi connectivity index (χ0v) is 16.9. The number of nitrogens with zero attached hydrogens (tertiary/aromatic N) is 3. The molecule has 5 nitrogen and oxygen atoms in total. The molecule has 0 N–H and O–H groups in total. The molecule has 2 rings (SSSR count). The molecule has 1 heterocycles. The van der Waals surface area contributed by atoms with Crippen molar-refractivity contribution >= 4 is 40.0 Å². The van der Waals surface area contributed by atoms with Gasteiger partial charge >= 0.3 is 0 Å². The average molecular weight is 398 g/mol. The molecular weight excluding hydrogens is 373 g/mol. The summed E-state index contributed by atoms with van der Waals surface area (Å²) in [7, 11) is 0. The molecule has 0 saturated heterocycles. The monoisotopic (exact) mass is 397 g/mol. The fourth-order valence-corrected chi connectivity index (χ4v) is 3.41. The number of fused-ring (bicyclic) bond motifs is 1. The predicted molar refractivity (Wildman–Crippen MR) is 107 cm³/mol. The number of hydrogen-bond acceptors (Lipinski definition) is 3. The van der Waals surface area contributed by atoms with Crippen molar-refractivity contribution in [1.82, 2.24) is 14.5 Å². The quantitative estimate of drug-likeness (QED) is 0.623. The maximum absolute atomic E-state index is 12.9. The van der Waals surface area contributed by atoms with Crippen LogP contribution in [0.5, 0.6) is 0 Å². The summed E-state index contributed by atoms with van der Waals surface area (Å²) in [6.07, 6.45) is 2.37. The lowest BCUT2D eigenvalue weighted by Crippen LogP contribution is -2.41. The van der Waals surface area contributed by atoms with Crippen molar-refractivity contribution in [2.24, 2.45) is 0 Å². The van der Waals surface area contributed by atoms with Crippen LogP contribution in [0.3, 0.4) is 0 Å². The van der Waals surface area contributed by atoms with Gasteiger partial charge in [0.15, 0.2) is 4.84 Å². The van der Waals surface area contributed by atoms with Crippen molar-refractivity contribution in [2.45, 2.75) is 57.5 Å². The van der Waals surface area contributed by atoms with E-state index in [1.165, 1.54) is 0 Å². The van der Waals surface area contributed by atoms with Crippen LogP contribution in [0.15, 0.2) is 29.1 Å². The lowest BCUT2D eigenvalue weighted by molar-refractivity contribution is -0.132. The van der Waals surface area contributed by atoms with Gasteiger partial charge in [-0.15, -0.1) is 0 Å². The van der Waals surface area contributed by atoms with Gasteiger partial charge in [-0.2, -0.15) is 0 Å². The van der Waals surface area contributed by atoms with Gasteiger partial charge in [0.25, 0.3) is 11.5 Å². The Morgan fingerprint density at radius 3 is 2.50 bits per heavy atom. The normalized spacial score (nSPS) is 12.5. The van der Waals surface area contributed by atoms with E-state index in [1.54, 1.807) is 15.5 Å². The van der Waals surface area contributed by atoms with Crippen LogP contribution in [-0.2, 0) is 11.3 Å². The first-order chi connectivity index (χ1) is 12.5. The number of benzene rings is 1. The summed E-state index contributed by atoms with van der Waals surface area (Å²) in [5.74, 6) is 0.232. The lowest BCUT2D eigenvalue weighted by atomic mass is 10.1. The zero-order chi connectivity index (χ0) is 19.3. The van der Waals surface area contributed by atoms with E-state index >= 15 is 0 Å². The molecule has 142 valence electrons. The molecule has 0 fully saturated rings. The van der Waals surface area contributed by atoms with E-state index in [4.69, 9.17) is 28.2 Å². The summed E-state index contributed by atoms with van der Waals surface area (Å²) in [4.78, 5) is 30.8. The van der Waals surface area contributed by atoms with Crippen molar-refractivity contribution in [3.63, 3.8) is 0 Å². The van der Waals surface area contributed by atoms with Gasteiger partial charge in [-0.05, 0) is 31.9 Å². The van der Waals surface area contributed by atoms with Gasteiger partial charge in [0.2, 0.25) is 0 Å². The number of amides is 1. The molecule has 2 aromatic rings. The topological polar surface area (TPSA) is 55.2 Å². The van der Waals surface area contributed by atoms with Gasteiger partial charge in [0, 0.05) is 13.1 Å². The Morgan fingerprint density at radius 2 is 1.92 bits per heavy atom. The third-order valence-electron chi connectivity index (χ3n) is 4.49. The molecule has 0 bridgehead atoms. The minimum atomic E-state index is -1.14. The molecule has 0 aliphatic heterocycles. The standard InChI is InChI=1S/C19H25Cl2N3O2/c1-4-7-12-24(19(26)16(20)21)15(5-2)17-22-14-11-9-8-10-13(14)18(25)23(17)6-3/h8-11,15-16H,4-7,12H2,1-3H3. The molecule has 1 aromatic heterocycles. The van der Waals surface area contributed by atoms with Crippen molar-refractivity contribution in [1.29, 1.82) is 0 Å². The fraction of sp³-hybridized carbons (Fsp3) is 0.526. The minimum Gasteiger partial charge on any atom is -0.330 e. The van der Waals surface area contributed by atoms with Crippen LogP contribution in [0.25, 0.3) is 10.9 Å². The van der Waals surface area contributed by atoms with E-state index in [0.29, 0.717) is 36.2 Å². The van der Waals surface area contributed by atoms with Crippen molar-refractivity contribution in [2.75, 3.05) is 6.54 Å². The molecule has 1 atom stereocenters. The maximum Gasteiger partial charge on any atom is 0.261 e. The van der Waals surface area contributed by atoms with Crippen LogP contribution in [0.1, 0.15) is 51.9 Å². The zero-order valence-electron chi connectivity index (χ0n) is 15.4. The summed E-state index contributed by atoms with van der Waals surface area (Å²) in [5, 5.41) is 0.576. The van der Waals surface area contributed by atoms with Crippen LogP contribution < -0.4 is 5.56 Å². The first-order valence-electron chi connectivity index (χ1n) is 9.04. The second-order valence-electron chi connectivity index (χ2n) is 6.15. The van der Waals surface area contributed by atoms with Crippen LogP contribution >= 0.6 is 23.2 Å². The lowest BCUT2D eigenvalue weighted by Gasteiger charge is -2.32. The van der Waals surface area contributed by atoms with Crippen LogP contribution in [0.4, 0.5) is 0 Å². The highest BCUT2D eigenvalue weighted by Crippen LogP contribution is 2.26. The van der Waals surface area contributed by atoms with Gasteiger partial charge in [-0.25, -0.2) is 4.98 Å². The van der Waals surface area contributed by atoms with E-state index in [1.807, 2.05) is 32.0 Å². The molecule has 0 aliphatic carbocycles. The highest BCUT2D eigenvalue weighted by atomic mass is 35.5. The van der Waals surface area contributed by atoms with Crippen LogP contribution in [0, 0.1) is 0 Å². The van der Waals surface area contributed by atoms with E-state index < -0.39 is 4.84 Å². The molecule has 1 unspecified atom stereocenters. The average Bonchev–Trinajstić information content (AvgIpc) is 2.64. The van der Waals surface area contributed by atoms with Crippen LogP contribution in [-0.4, -0.2) is 31.7 Å². The van der Waals surface area contributed by atoms with Gasteiger partial charge in [-0.1, -0.05) is 55.6 Å². The molecule has 7 heteroatoms. The maximum atomic E-state index is 12.9. The summed E-state index contributed by atoms with van der Waals surface area (Å²) in [5.41, 5.74) is 0.537. The smallest absolute Gasteiger partial charge is 0.261 e. The van der Waals surface area contributed by atoms with Crippen LogP contribution in [0.2, 0.25) is 0 Å². The highest BCUT2D eigenvalue weighted by molar-refractivity contribution is 6.53. The van der Waals surface area contributed by atoms with E-state index in [0.717, 1.165) is 12.8 Å². The number of aromatic nitrogens is 2. The Balaban J connectivity index is 2.63. The molecule has 0 radical (unpaired) electrons. The number of carbonyl (C=O) groups excluding carboxylic acids is 1. The van der Waals surface area contributed by atoms with Gasteiger partial charge < -0.3 is 4.90 Å². The Labute approximate surface area is 163 Å². The second-order valence-corrected chi connectivity index (χ2v) is 7.24. The number of halogens is 2. The number of carbonyl (C=O) groups is 1. The Morgan fingerprint density at radius 1 is 1.23 bits per heavy atom. The highest BCUT2D eigenvalue weighted by Gasteiger charge is 2.30. The summed E-state index contributed by atoms with van der Waals surface area (Å²) < 4.78 is 1.64. The van der Waals surface area contributed by atoms with E-state index in [9.17, 15) is 9.59 Å². The van der Waals surface area contributed by atoms with Crippen molar-refractivity contribution in [3.05, 3.63) is 40.4 Å². The second kappa shape index (κ2) is 9.38. The first kappa shape index (κ1) is 20.7. The predicted octanol–water partition coefficient (Wildman–Crippen LogP) is 4.30. The van der Waals surface area contributed by atoms with Crippen molar-refractivity contribution < 1.29 is 4.79 Å². The Bertz CT molecular complexity index is 820. The van der Waals surface area contributed by atoms with E-state index in [-0.39, 0.29) is 17.5 Å². The third kappa shape index (κ3) is 4.21. The molecule has 0 aliphatic rings. The molecule has 0 spiro atoms. The van der Waals surface area contributed by atoms with Gasteiger partial charge in [0.1, 0.15) is 5.82 Å². The number of alkyl halides is 2. The third-order valence-corrected chi connectivity index (χ3v) is 4.86. The van der Waals surface area contributed by atoms with Gasteiger partial charge in [-0.3, -0.25) is 14.2 Å². The summed E-state index contributed by atoms with van der Waals surface area (Å²) in [6.45, 7) is 6.92. The SMILES string of the molecule is CCCCN(C(=O)C(Cl)Cl)C(CC)c1nc2ccccc2c(=O)n1CC. The minimum absolute atomic E-state index is 0.0947. The molecular formula is C19H25Cl2N3O2. The fourth-order valence-electron chi connectivity index (χ4n) is 3.16. The van der Waals surface area contributed by atoms with Gasteiger partial charge in [0.05, 0.1) is 16.9 Å². The molecule has 26 heavy (non-hydrogen) atoms. The molecule has 1 aromatic carbocycles. The number of rotatable bonds is 8. The molecule has 1 amide bonds. The summed E-state index contributed by atoms with van der Waals surface area (Å²) >= 11 is 11.8. The molecule has 0 saturated carbocycles. The number of hydrogen-bond donors (Lipinski definition) is 0.